The van der Waals surface area contributed by atoms with Gasteiger partial charge in [-0.05, 0) is 43.9 Å². The number of hydrogen-bond acceptors (Lipinski definition) is 3. The van der Waals surface area contributed by atoms with Crippen molar-refractivity contribution >= 4 is 29.1 Å². The van der Waals surface area contributed by atoms with E-state index in [1.165, 1.54) is 12.8 Å². The lowest BCUT2D eigenvalue weighted by atomic mass is 10.00. The molecule has 4 nitrogen and oxygen atoms in total. The highest BCUT2D eigenvalue weighted by molar-refractivity contribution is 6.34. The van der Waals surface area contributed by atoms with Crippen molar-refractivity contribution in [3.8, 4) is 5.75 Å². The summed E-state index contributed by atoms with van der Waals surface area (Å²) in [5, 5.41) is 7.59. The maximum atomic E-state index is 12.0. The Morgan fingerprint density at radius 3 is 2.43 bits per heavy atom. The van der Waals surface area contributed by atoms with Crippen LogP contribution in [-0.4, -0.2) is 30.6 Å². The first-order valence-corrected chi connectivity index (χ1v) is 7.98. The van der Waals surface area contributed by atoms with E-state index < -0.39 is 0 Å². The smallest absolute Gasteiger partial charge is 0.258 e. The third-order valence-electron chi connectivity index (χ3n) is 4.04. The first-order valence-electron chi connectivity index (χ1n) is 7.23. The van der Waals surface area contributed by atoms with Crippen molar-refractivity contribution in [2.45, 2.75) is 43.8 Å². The van der Waals surface area contributed by atoms with Crippen LogP contribution >= 0.6 is 23.2 Å². The molecular formula is C15H18Cl2N2O2. The SMILES string of the molecule is O=C(COc1cc(Cl)cc(Cl)c1)NC1CC2CCC(C1)N2. The number of piperidine rings is 1. The Morgan fingerprint density at radius 1 is 1.19 bits per heavy atom. The summed E-state index contributed by atoms with van der Waals surface area (Å²) >= 11 is 11.8. The Bertz CT molecular complexity index is 506. The molecule has 1 amide bonds. The number of fused-ring (bicyclic) bond motifs is 2. The number of hydrogen-bond donors (Lipinski definition) is 2. The van der Waals surface area contributed by atoms with Crippen molar-refractivity contribution in [2.75, 3.05) is 6.61 Å². The number of amides is 1. The van der Waals surface area contributed by atoms with Gasteiger partial charge in [0.05, 0.1) is 0 Å². The van der Waals surface area contributed by atoms with Crippen LogP contribution in [-0.2, 0) is 4.79 Å². The maximum Gasteiger partial charge on any atom is 0.258 e. The standard InChI is InChI=1S/C15H18Cl2N2O2/c16-9-3-10(17)5-14(4-9)21-8-15(20)19-13-6-11-1-2-12(7-13)18-11/h3-5,11-13,18H,1-2,6-8H2,(H,19,20). The lowest BCUT2D eigenvalue weighted by molar-refractivity contribution is -0.124. The first-order chi connectivity index (χ1) is 10.1. The van der Waals surface area contributed by atoms with E-state index in [1.54, 1.807) is 18.2 Å². The molecule has 2 aliphatic rings. The second kappa shape index (κ2) is 6.42. The molecule has 114 valence electrons. The van der Waals surface area contributed by atoms with Crippen LogP contribution in [0.4, 0.5) is 0 Å². The lowest BCUT2D eigenvalue weighted by Gasteiger charge is -2.29. The van der Waals surface area contributed by atoms with Crippen molar-refractivity contribution in [3.05, 3.63) is 28.2 Å². The largest absolute Gasteiger partial charge is 0.484 e. The second-order valence-corrected chi connectivity index (χ2v) is 6.64. The third-order valence-corrected chi connectivity index (χ3v) is 4.48. The summed E-state index contributed by atoms with van der Waals surface area (Å²) in [7, 11) is 0. The second-order valence-electron chi connectivity index (χ2n) is 5.77. The fraction of sp³-hybridized carbons (Fsp3) is 0.533. The molecule has 1 aromatic rings. The summed E-state index contributed by atoms with van der Waals surface area (Å²) in [5.74, 6) is 0.408. The molecule has 2 unspecified atom stereocenters. The van der Waals surface area contributed by atoms with Crippen LogP contribution in [0.2, 0.25) is 10.0 Å². The summed E-state index contributed by atoms with van der Waals surface area (Å²) in [6.45, 7) is -0.0179. The topological polar surface area (TPSA) is 50.4 Å². The maximum absolute atomic E-state index is 12.0. The average molecular weight is 329 g/mol. The number of carbonyl (C=O) groups excluding carboxylic acids is 1. The molecule has 3 rings (SSSR count). The molecule has 2 saturated heterocycles. The molecular weight excluding hydrogens is 311 g/mol. The Labute approximate surface area is 134 Å². The highest BCUT2D eigenvalue weighted by Crippen LogP contribution is 2.27. The fourth-order valence-corrected chi connectivity index (χ4v) is 3.71. The molecule has 0 aliphatic carbocycles. The number of nitrogens with one attached hydrogen (secondary N) is 2. The van der Waals surface area contributed by atoms with E-state index in [9.17, 15) is 4.79 Å². The van der Waals surface area contributed by atoms with Gasteiger partial charge in [0.2, 0.25) is 0 Å². The van der Waals surface area contributed by atoms with Crippen LogP contribution in [0.1, 0.15) is 25.7 Å². The van der Waals surface area contributed by atoms with Crippen LogP contribution in [0.25, 0.3) is 0 Å². The van der Waals surface area contributed by atoms with Gasteiger partial charge in [-0.1, -0.05) is 23.2 Å². The molecule has 2 bridgehead atoms. The molecule has 0 aromatic heterocycles. The van der Waals surface area contributed by atoms with Crippen molar-refractivity contribution in [1.82, 2.24) is 10.6 Å². The molecule has 2 aliphatic heterocycles. The number of carbonyl (C=O) groups is 1. The van der Waals surface area contributed by atoms with Gasteiger partial charge in [0.15, 0.2) is 6.61 Å². The summed E-state index contributed by atoms with van der Waals surface area (Å²) < 4.78 is 5.44. The Balaban J connectivity index is 1.48. The fourth-order valence-electron chi connectivity index (χ4n) is 3.21. The monoisotopic (exact) mass is 328 g/mol. The van der Waals surface area contributed by atoms with Crippen LogP contribution in [0.15, 0.2) is 18.2 Å². The van der Waals surface area contributed by atoms with Gasteiger partial charge in [-0.15, -0.1) is 0 Å². The quantitative estimate of drug-likeness (QED) is 0.893. The molecule has 2 fully saturated rings. The molecule has 2 atom stereocenters. The molecule has 1 aromatic carbocycles. The minimum atomic E-state index is -0.0996. The van der Waals surface area contributed by atoms with Gasteiger partial charge < -0.3 is 15.4 Å². The van der Waals surface area contributed by atoms with E-state index in [4.69, 9.17) is 27.9 Å². The van der Waals surface area contributed by atoms with Gasteiger partial charge in [-0.2, -0.15) is 0 Å². The van der Waals surface area contributed by atoms with Crippen molar-refractivity contribution in [2.24, 2.45) is 0 Å². The van der Waals surface area contributed by atoms with Crippen LogP contribution in [0, 0.1) is 0 Å². The Kier molecular flexibility index (Phi) is 4.57. The Hall–Kier alpha value is -0.970. The molecule has 0 spiro atoms. The minimum Gasteiger partial charge on any atom is -0.484 e. The zero-order valence-corrected chi connectivity index (χ0v) is 13.1. The number of benzene rings is 1. The summed E-state index contributed by atoms with van der Waals surface area (Å²) in [6, 6.07) is 6.28. The number of halogens is 2. The lowest BCUT2D eigenvalue weighted by Crippen LogP contribution is -2.48. The number of rotatable bonds is 4. The van der Waals surface area contributed by atoms with E-state index >= 15 is 0 Å². The zero-order chi connectivity index (χ0) is 14.8. The van der Waals surface area contributed by atoms with Crippen molar-refractivity contribution < 1.29 is 9.53 Å². The average Bonchev–Trinajstić information content (AvgIpc) is 2.75. The molecule has 0 radical (unpaired) electrons. The van der Waals surface area contributed by atoms with E-state index in [-0.39, 0.29) is 18.6 Å². The van der Waals surface area contributed by atoms with Gasteiger partial charge in [0.25, 0.3) is 5.91 Å². The summed E-state index contributed by atoms with van der Waals surface area (Å²) in [4.78, 5) is 12.0. The van der Waals surface area contributed by atoms with E-state index in [0.717, 1.165) is 12.8 Å². The van der Waals surface area contributed by atoms with Crippen LogP contribution in [0.5, 0.6) is 5.75 Å². The molecule has 21 heavy (non-hydrogen) atoms. The van der Waals surface area contributed by atoms with Crippen LogP contribution < -0.4 is 15.4 Å². The van der Waals surface area contributed by atoms with Gasteiger partial charge in [0.1, 0.15) is 5.75 Å². The van der Waals surface area contributed by atoms with Gasteiger partial charge in [0, 0.05) is 28.2 Å². The third kappa shape index (κ3) is 4.02. The highest BCUT2D eigenvalue weighted by Gasteiger charge is 2.33. The summed E-state index contributed by atoms with van der Waals surface area (Å²) in [6.07, 6.45) is 4.44. The van der Waals surface area contributed by atoms with Gasteiger partial charge >= 0.3 is 0 Å². The predicted molar refractivity (Wildman–Crippen MR) is 83.1 cm³/mol. The predicted octanol–water partition coefficient (Wildman–Crippen LogP) is 2.77. The molecule has 6 heteroatoms. The van der Waals surface area contributed by atoms with E-state index in [2.05, 4.69) is 10.6 Å². The van der Waals surface area contributed by atoms with Crippen molar-refractivity contribution in [1.29, 1.82) is 0 Å². The normalized spacial score (nSPS) is 27.4. The van der Waals surface area contributed by atoms with Gasteiger partial charge in [-0.25, -0.2) is 0 Å². The van der Waals surface area contributed by atoms with Crippen LogP contribution in [0.3, 0.4) is 0 Å². The molecule has 2 heterocycles. The van der Waals surface area contributed by atoms with E-state index in [0.29, 0.717) is 27.9 Å². The van der Waals surface area contributed by atoms with Gasteiger partial charge in [-0.3, -0.25) is 4.79 Å². The molecule has 0 saturated carbocycles. The van der Waals surface area contributed by atoms with Crippen molar-refractivity contribution in [3.63, 3.8) is 0 Å². The van der Waals surface area contributed by atoms with E-state index in [1.807, 2.05) is 0 Å². The Morgan fingerprint density at radius 2 is 1.81 bits per heavy atom. The summed E-state index contributed by atoms with van der Waals surface area (Å²) in [5.41, 5.74) is 0. The highest BCUT2D eigenvalue weighted by atomic mass is 35.5. The molecule has 2 N–H and O–H groups in total. The minimum absolute atomic E-state index is 0.0179. The first kappa shape index (κ1) is 14.9. The number of ether oxygens (including phenoxy) is 1. The zero-order valence-electron chi connectivity index (χ0n) is 11.6.